The van der Waals surface area contributed by atoms with Crippen molar-refractivity contribution in [3.63, 3.8) is 0 Å². The van der Waals surface area contributed by atoms with Gasteiger partial charge in [-0.1, -0.05) is 37.3 Å². The van der Waals surface area contributed by atoms with Gasteiger partial charge in [0.25, 0.3) is 5.91 Å². The van der Waals surface area contributed by atoms with Crippen molar-refractivity contribution in [3.8, 4) is 0 Å². The van der Waals surface area contributed by atoms with E-state index < -0.39 is 0 Å². The highest BCUT2D eigenvalue weighted by atomic mass is 127. The van der Waals surface area contributed by atoms with Gasteiger partial charge in [-0.2, -0.15) is 0 Å². The van der Waals surface area contributed by atoms with Crippen LogP contribution in [0.5, 0.6) is 0 Å². The molecular weight excluding hydrogens is 349 g/mol. The van der Waals surface area contributed by atoms with E-state index in [-0.39, 0.29) is 33.0 Å². The molecular formula is C16H19INO+. The molecule has 1 aliphatic rings. The van der Waals surface area contributed by atoms with E-state index in [0.717, 1.165) is 12.0 Å². The fourth-order valence-corrected chi connectivity index (χ4v) is 5.09. The summed E-state index contributed by atoms with van der Waals surface area (Å²) in [5.74, 6) is 0.407. The van der Waals surface area contributed by atoms with Crippen molar-refractivity contribution in [2.24, 2.45) is 5.92 Å². The molecule has 0 heterocycles. The van der Waals surface area contributed by atoms with Crippen molar-refractivity contribution >= 4 is 5.91 Å². The van der Waals surface area contributed by atoms with Crippen LogP contribution >= 0.6 is 0 Å². The molecule has 2 nitrogen and oxygen atoms in total. The highest BCUT2D eigenvalue weighted by Gasteiger charge is 2.32. The zero-order valence-corrected chi connectivity index (χ0v) is 13.7. The van der Waals surface area contributed by atoms with Crippen LogP contribution in [0.1, 0.15) is 13.3 Å². The lowest BCUT2D eigenvalue weighted by Gasteiger charge is -2.19. The second-order valence-electron chi connectivity index (χ2n) is 4.83. The summed E-state index contributed by atoms with van der Waals surface area (Å²) in [6, 6.07) is 10.5. The Bertz CT molecular complexity index is 517. The zero-order chi connectivity index (χ0) is 13.8. The second-order valence-corrected chi connectivity index (χ2v) is 7.92. The summed E-state index contributed by atoms with van der Waals surface area (Å²) < 4.78 is 2.74. The third-order valence-corrected chi connectivity index (χ3v) is 6.08. The summed E-state index contributed by atoms with van der Waals surface area (Å²) in [5, 5.41) is 0. The van der Waals surface area contributed by atoms with Gasteiger partial charge in [0.2, 0.25) is 0 Å². The molecule has 0 aliphatic heterocycles. The molecule has 1 aliphatic carbocycles. The van der Waals surface area contributed by atoms with Gasteiger partial charge in [0.05, 0.1) is 5.57 Å². The minimum atomic E-state index is -0.240. The highest BCUT2D eigenvalue weighted by molar-refractivity contribution is 5.94. The number of hydrogen-bond donors (Lipinski definition) is 0. The van der Waals surface area contributed by atoms with E-state index in [4.69, 9.17) is 0 Å². The SMILES string of the molecule is CC1C=CCC([I+]c2ccccc2)=C1C(=O)N(C)C. The number of likely N-dealkylation sites (N-methyl/N-ethyl adjacent to an activating group) is 1. The van der Waals surface area contributed by atoms with Gasteiger partial charge in [-0.05, 0) is 12.1 Å². The van der Waals surface area contributed by atoms with E-state index in [1.807, 2.05) is 20.2 Å². The average molecular weight is 368 g/mol. The Morgan fingerprint density at radius 2 is 1.95 bits per heavy atom. The maximum absolute atomic E-state index is 12.4. The summed E-state index contributed by atoms with van der Waals surface area (Å²) in [6.07, 6.45) is 5.28. The van der Waals surface area contributed by atoms with Gasteiger partial charge in [-0.15, -0.1) is 0 Å². The van der Waals surface area contributed by atoms with Crippen LogP contribution < -0.4 is 21.2 Å². The first-order valence-electron chi connectivity index (χ1n) is 6.41. The van der Waals surface area contributed by atoms with Crippen LogP contribution in [0, 0.1) is 9.49 Å². The van der Waals surface area contributed by atoms with Crippen molar-refractivity contribution < 1.29 is 26.0 Å². The Kier molecular flexibility index (Phi) is 4.80. The van der Waals surface area contributed by atoms with E-state index >= 15 is 0 Å². The number of nitrogens with zero attached hydrogens (tertiary/aromatic N) is 1. The molecule has 3 heteroatoms. The van der Waals surface area contributed by atoms with Crippen molar-refractivity contribution in [3.05, 3.63) is 55.2 Å². The number of carbonyl (C=O) groups excluding carboxylic acids is 1. The Morgan fingerprint density at radius 3 is 2.58 bits per heavy atom. The van der Waals surface area contributed by atoms with E-state index in [0.29, 0.717) is 0 Å². The van der Waals surface area contributed by atoms with Crippen LogP contribution in [0.2, 0.25) is 0 Å². The molecule has 0 aromatic heterocycles. The zero-order valence-electron chi connectivity index (χ0n) is 11.6. The predicted octanol–water partition coefficient (Wildman–Crippen LogP) is -0.116. The van der Waals surface area contributed by atoms with Gasteiger partial charge in [0, 0.05) is 26.4 Å². The van der Waals surface area contributed by atoms with E-state index in [2.05, 4.69) is 43.3 Å². The molecule has 0 N–H and O–H groups in total. The predicted molar refractivity (Wildman–Crippen MR) is 73.8 cm³/mol. The molecule has 0 saturated heterocycles. The Labute approximate surface area is 125 Å². The van der Waals surface area contributed by atoms with Gasteiger partial charge in [0.1, 0.15) is 0 Å². The molecule has 1 unspecified atom stereocenters. The maximum atomic E-state index is 12.4. The second kappa shape index (κ2) is 6.37. The first-order chi connectivity index (χ1) is 9.09. The molecule has 100 valence electrons. The Hall–Kier alpha value is -1.10. The van der Waals surface area contributed by atoms with Crippen molar-refractivity contribution in [2.75, 3.05) is 14.1 Å². The monoisotopic (exact) mass is 368 g/mol. The number of carbonyl (C=O) groups is 1. The van der Waals surface area contributed by atoms with E-state index in [9.17, 15) is 4.79 Å². The molecule has 0 bridgehead atoms. The van der Waals surface area contributed by atoms with Gasteiger partial charge < -0.3 is 4.90 Å². The minimum absolute atomic E-state index is 0.169. The minimum Gasteiger partial charge on any atom is -0.345 e. The molecule has 0 radical (unpaired) electrons. The normalized spacial score (nSPS) is 18.6. The Balaban J connectivity index is 2.32. The average Bonchev–Trinajstić information content (AvgIpc) is 2.39. The van der Waals surface area contributed by atoms with Crippen LogP contribution in [0.3, 0.4) is 0 Å². The summed E-state index contributed by atoms with van der Waals surface area (Å²) >= 11 is -0.240. The number of hydrogen-bond acceptors (Lipinski definition) is 1. The van der Waals surface area contributed by atoms with Crippen LogP contribution in [0.4, 0.5) is 0 Å². The first-order valence-corrected chi connectivity index (χ1v) is 8.56. The Morgan fingerprint density at radius 1 is 1.26 bits per heavy atom. The number of allylic oxidation sites excluding steroid dienone is 3. The summed E-state index contributed by atoms with van der Waals surface area (Å²) in [7, 11) is 3.66. The van der Waals surface area contributed by atoms with Crippen molar-refractivity contribution in [1.82, 2.24) is 4.90 Å². The fraction of sp³-hybridized carbons (Fsp3) is 0.312. The molecule has 0 fully saturated rings. The lowest BCUT2D eigenvalue weighted by molar-refractivity contribution is -0.579. The summed E-state index contributed by atoms with van der Waals surface area (Å²) in [5.41, 5.74) is 1.02. The molecule has 0 spiro atoms. The molecule has 1 atom stereocenters. The van der Waals surface area contributed by atoms with Crippen molar-refractivity contribution in [1.29, 1.82) is 0 Å². The number of benzene rings is 1. The number of rotatable bonds is 3. The molecule has 0 saturated carbocycles. The van der Waals surface area contributed by atoms with Crippen LogP contribution in [-0.2, 0) is 4.79 Å². The lowest BCUT2D eigenvalue weighted by atomic mass is 9.94. The highest BCUT2D eigenvalue weighted by Crippen LogP contribution is 2.21. The van der Waals surface area contributed by atoms with Crippen molar-refractivity contribution in [2.45, 2.75) is 13.3 Å². The quantitative estimate of drug-likeness (QED) is 0.539. The van der Waals surface area contributed by atoms with Gasteiger partial charge >= 0.3 is 21.2 Å². The summed E-state index contributed by atoms with van der Waals surface area (Å²) in [4.78, 5) is 14.1. The number of halogens is 1. The third kappa shape index (κ3) is 3.47. The van der Waals surface area contributed by atoms with Gasteiger partial charge in [-0.25, -0.2) is 0 Å². The van der Waals surface area contributed by atoms with E-state index in [1.54, 1.807) is 4.90 Å². The third-order valence-electron chi connectivity index (χ3n) is 3.06. The van der Waals surface area contributed by atoms with Crippen LogP contribution in [0.25, 0.3) is 0 Å². The van der Waals surface area contributed by atoms with Crippen LogP contribution in [0.15, 0.2) is 51.6 Å². The lowest BCUT2D eigenvalue weighted by Crippen LogP contribution is -3.61. The maximum Gasteiger partial charge on any atom is 0.353 e. The smallest absolute Gasteiger partial charge is 0.345 e. The van der Waals surface area contributed by atoms with Gasteiger partial charge in [-0.3, -0.25) is 4.79 Å². The first kappa shape index (κ1) is 14.3. The fourth-order valence-electron chi connectivity index (χ4n) is 2.08. The topological polar surface area (TPSA) is 20.3 Å². The van der Waals surface area contributed by atoms with Gasteiger partial charge in [0.15, 0.2) is 7.15 Å². The standard InChI is InChI=1S/C16H19INO/c1-12-8-7-11-14(15(12)16(19)18(2)3)17-13-9-5-4-6-10-13/h4-10,12H,11H2,1-3H3/q+1. The molecule has 1 amide bonds. The molecule has 1 aromatic carbocycles. The largest absolute Gasteiger partial charge is 0.353 e. The molecule has 2 rings (SSSR count). The van der Waals surface area contributed by atoms with Crippen LogP contribution in [-0.4, -0.2) is 24.9 Å². The number of amides is 1. The summed E-state index contributed by atoms with van der Waals surface area (Å²) in [6.45, 7) is 2.11. The molecule has 1 aromatic rings. The molecule has 19 heavy (non-hydrogen) atoms. The van der Waals surface area contributed by atoms with E-state index in [1.165, 1.54) is 7.15 Å².